The summed E-state index contributed by atoms with van der Waals surface area (Å²) >= 11 is 7.31. The average molecular weight is 386 g/mol. The first-order valence-electron chi connectivity index (χ1n) is 7.49. The van der Waals surface area contributed by atoms with Crippen LogP contribution in [0.3, 0.4) is 0 Å². The van der Waals surface area contributed by atoms with Crippen molar-refractivity contribution < 1.29 is 18.3 Å². The summed E-state index contributed by atoms with van der Waals surface area (Å²) < 4.78 is 32.3. The molecule has 2 rings (SSSR count). The molecular weight excluding hydrogens is 368 g/mol. The fourth-order valence-electron chi connectivity index (χ4n) is 2.23. The molecule has 0 unspecified atom stereocenters. The summed E-state index contributed by atoms with van der Waals surface area (Å²) in [7, 11) is 3.10. The maximum atomic E-state index is 13.8. The molecule has 25 heavy (non-hydrogen) atoms. The van der Waals surface area contributed by atoms with Gasteiger partial charge in [0.25, 0.3) is 0 Å². The second-order valence-electron chi connectivity index (χ2n) is 5.40. The number of hydrogen-bond donors (Lipinski definition) is 0. The van der Waals surface area contributed by atoms with E-state index in [1.807, 2.05) is 0 Å². The molecule has 0 saturated heterocycles. The first-order chi connectivity index (χ1) is 11.9. The molecule has 0 aliphatic rings. The fourth-order valence-corrected chi connectivity index (χ4v) is 3.39. The van der Waals surface area contributed by atoms with Gasteiger partial charge in [0.1, 0.15) is 17.4 Å². The first-order valence-corrected chi connectivity index (χ1v) is 9.02. The summed E-state index contributed by atoms with van der Waals surface area (Å²) in [6.45, 7) is 0.0915. The normalized spacial score (nSPS) is 10.6. The number of rotatable bonds is 7. The van der Waals surface area contributed by atoms with Gasteiger partial charge >= 0.3 is 0 Å². The van der Waals surface area contributed by atoms with E-state index in [1.165, 1.54) is 48.0 Å². The van der Waals surface area contributed by atoms with Gasteiger partial charge in [-0.25, -0.2) is 8.78 Å². The van der Waals surface area contributed by atoms with Crippen molar-refractivity contribution in [1.29, 1.82) is 0 Å². The summed E-state index contributed by atoms with van der Waals surface area (Å²) in [5.41, 5.74) is 0.969. The second kappa shape index (κ2) is 9.06. The minimum absolute atomic E-state index is 0.0915. The van der Waals surface area contributed by atoms with E-state index in [0.717, 1.165) is 0 Å². The highest BCUT2D eigenvalue weighted by atomic mass is 35.5. The number of amides is 1. The third-order valence-electron chi connectivity index (χ3n) is 3.61. The van der Waals surface area contributed by atoms with Gasteiger partial charge in [-0.05, 0) is 30.3 Å². The van der Waals surface area contributed by atoms with E-state index in [0.29, 0.717) is 17.1 Å². The van der Waals surface area contributed by atoms with Crippen molar-refractivity contribution >= 4 is 29.3 Å². The van der Waals surface area contributed by atoms with E-state index >= 15 is 0 Å². The van der Waals surface area contributed by atoms with Gasteiger partial charge in [0.05, 0.1) is 12.9 Å². The largest absolute Gasteiger partial charge is 0.496 e. The van der Waals surface area contributed by atoms with Crippen LogP contribution >= 0.6 is 23.4 Å². The highest BCUT2D eigenvalue weighted by Gasteiger charge is 2.15. The molecule has 2 aromatic rings. The first kappa shape index (κ1) is 19.5. The molecular formula is C18H18ClF2NO2S. The number of hydrogen-bond acceptors (Lipinski definition) is 3. The van der Waals surface area contributed by atoms with E-state index < -0.39 is 5.82 Å². The molecule has 7 heteroatoms. The predicted molar refractivity (Wildman–Crippen MR) is 97.0 cm³/mol. The quantitative estimate of drug-likeness (QED) is 0.701. The van der Waals surface area contributed by atoms with E-state index in [-0.39, 0.29) is 34.6 Å². The van der Waals surface area contributed by atoms with Crippen LogP contribution in [0.2, 0.25) is 5.02 Å². The number of carbonyl (C=O) groups excluding carboxylic acids is 1. The Kier molecular flexibility index (Phi) is 7.08. The maximum absolute atomic E-state index is 13.8. The molecule has 0 atom stereocenters. The van der Waals surface area contributed by atoms with Gasteiger partial charge in [-0.3, -0.25) is 4.79 Å². The van der Waals surface area contributed by atoms with Crippen LogP contribution in [0.25, 0.3) is 0 Å². The number of ether oxygens (including phenoxy) is 1. The van der Waals surface area contributed by atoms with Crippen molar-refractivity contribution in [2.24, 2.45) is 0 Å². The number of nitrogens with zero attached hydrogens (tertiary/aromatic N) is 1. The van der Waals surface area contributed by atoms with Crippen LogP contribution in [-0.2, 0) is 17.1 Å². The lowest BCUT2D eigenvalue weighted by atomic mass is 10.2. The van der Waals surface area contributed by atoms with Gasteiger partial charge < -0.3 is 9.64 Å². The average Bonchev–Trinajstić information content (AvgIpc) is 2.58. The molecule has 0 bridgehead atoms. The summed E-state index contributed by atoms with van der Waals surface area (Å²) in [5.74, 6) is 0.231. The van der Waals surface area contributed by atoms with Crippen LogP contribution in [0.15, 0.2) is 36.4 Å². The zero-order valence-electron chi connectivity index (χ0n) is 13.9. The molecule has 0 aliphatic heterocycles. The summed E-state index contributed by atoms with van der Waals surface area (Å²) in [5, 5.41) is 0.289. The van der Waals surface area contributed by atoms with Gasteiger partial charge in [0.15, 0.2) is 0 Å². The van der Waals surface area contributed by atoms with Gasteiger partial charge in [0, 0.05) is 35.5 Å². The van der Waals surface area contributed by atoms with Gasteiger partial charge in [-0.15, -0.1) is 11.8 Å². The van der Waals surface area contributed by atoms with Gasteiger partial charge in [0.2, 0.25) is 5.91 Å². The smallest absolute Gasteiger partial charge is 0.232 e. The SMILES string of the molecule is COc1ccc(F)cc1CSCC(=O)N(C)Cc1c(F)cccc1Cl. The van der Waals surface area contributed by atoms with Crippen LogP contribution < -0.4 is 4.74 Å². The second-order valence-corrected chi connectivity index (χ2v) is 6.79. The molecule has 0 heterocycles. The molecule has 2 aromatic carbocycles. The van der Waals surface area contributed by atoms with Crippen molar-refractivity contribution in [2.75, 3.05) is 19.9 Å². The highest BCUT2D eigenvalue weighted by molar-refractivity contribution is 7.99. The number of benzene rings is 2. The fraction of sp³-hybridized carbons (Fsp3) is 0.278. The standard InChI is InChI=1S/C18H18ClF2NO2S/c1-22(9-14-15(19)4-3-5-16(14)21)18(23)11-25-10-12-8-13(20)6-7-17(12)24-2/h3-8H,9-11H2,1-2H3. The third kappa shape index (κ3) is 5.34. The zero-order chi connectivity index (χ0) is 18.4. The zero-order valence-corrected chi connectivity index (χ0v) is 15.5. The Bertz CT molecular complexity index is 738. The molecule has 3 nitrogen and oxygen atoms in total. The van der Waals surface area contributed by atoms with Crippen LogP contribution in [0.4, 0.5) is 8.78 Å². The topological polar surface area (TPSA) is 29.5 Å². The Morgan fingerprint density at radius 1 is 1.28 bits per heavy atom. The van der Waals surface area contributed by atoms with Gasteiger partial charge in [-0.2, -0.15) is 0 Å². The van der Waals surface area contributed by atoms with Crippen molar-refractivity contribution in [2.45, 2.75) is 12.3 Å². The molecule has 0 N–H and O–H groups in total. The van der Waals surface area contributed by atoms with E-state index in [4.69, 9.17) is 16.3 Å². The highest BCUT2D eigenvalue weighted by Crippen LogP contribution is 2.25. The van der Waals surface area contributed by atoms with Crippen molar-refractivity contribution in [3.63, 3.8) is 0 Å². The van der Waals surface area contributed by atoms with E-state index in [9.17, 15) is 13.6 Å². The molecule has 0 saturated carbocycles. The summed E-state index contributed by atoms with van der Waals surface area (Å²) in [4.78, 5) is 13.6. The van der Waals surface area contributed by atoms with Crippen LogP contribution in [-0.4, -0.2) is 30.7 Å². The Labute approximate surface area is 154 Å². The van der Waals surface area contributed by atoms with Crippen molar-refractivity contribution in [3.8, 4) is 5.75 Å². The lowest BCUT2D eigenvalue weighted by molar-refractivity contribution is -0.127. The number of carbonyl (C=O) groups is 1. The molecule has 0 aromatic heterocycles. The minimum atomic E-state index is -0.440. The lowest BCUT2D eigenvalue weighted by Crippen LogP contribution is -2.28. The van der Waals surface area contributed by atoms with E-state index in [1.54, 1.807) is 19.2 Å². The molecule has 134 valence electrons. The monoisotopic (exact) mass is 385 g/mol. The molecule has 0 radical (unpaired) electrons. The molecule has 0 spiro atoms. The molecule has 0 fully saturated rings. The Morgan fingerprint density at radius 3 is 2.72 bits per heavy atom. The maximum Gasteiger partial charge on any atom is 0.232 e. The van der Waals surface area contributed by atoms with Crippen LogP contribution in [0.5, 0.6) is 5.75 Å². The predicted octanol–water partition coefficient (Wildman–Crippen LogP) is 4.52. The number of methoxy groups -OCH3 is 1. The summed E-state index contributed by atoms with van der Waals surface area (Å²) in [6.07, 6.45) is 0. The Balaban J connectivity index is 1.91. The number of thioether (sulfide) groups is 1. The van der Waals surface area contributed by atoms with Crippen molar-refractivity contribution in [1.82, 2.24) is 4.90 Å². The Morgan fingerprint density at radius 2 is 2.04 bits per heavy atom. The molecule has 0 aliphatic carbocycles. The third-order valence-corrected chi connectivity index (χ3v) is 4.93. The lowest BCUT2D eigenvalue weighted by Gasteiger charge is -2.18. The number of halogens is 3. The van der Waals surface area contributed by atoms with Crippen LogP contribution in [0.1, 0.15) is 11.1 Å². The summed E-state index contributed by atoms with van der Waals surface area (Å²) in [6, 6.07) is 8.68. The van der Waals surface area contributed by atoms with Crippen LogP contribution in [0, 0.1) is 11.6 Å². The molecule has 1 amide bonds. The van der Waals surface area contributed by atoms with Crippen molar-refractivity contribution in [3.05, 3.63) is 64.2 Å². The minimum Gasteiger partial charge on any atom is -0.496 e. The van der Waals surface area contributed by atoms with E-state index in [2.05, 4.69) is 0 Å². The van der Waals surface area contributed by atoms with Gasteiger partial charge in [-0.1, -0.05) is 17.7 Å². The Hall–Kier alpha value is -1.79.